The fraction of sp³-hybridized carbons (Fsp3) is 0.462. The molecule has 2 heterocycles. The summed E-state index contributed by atoms with van der Waals surface area (Å²) in [6, 6.07) is 5.49. The first-order valence-corrected chi connectivity index (χ1v) is 6.21. The van der Waals surface area contributed by atoms with Crippen LogP contribution in [-0.4, -0.2) is 19.0 Å². The Balaban J connectivity index is 1.99. The number of amides is 1. The van der Waals surface area contributed by atoms with Crippen molar-refractivity contribution in [2.45, 2.75) is 25.3 Å². The zero-order valence-corrected chi connectivity index (χ0v) is 9.78. The average Bonchev–Trinajstić information content (AvgIpc) is 2.67. The molecule has 3 rings (SSSR count). The Labute approximate surface area is 101 Å². The molecule has 4 heteroatoms. The molecular weight excluding hydrogens is 214 g/mol. The Morgan fingerprint density at radius 2 is 2.00 bits per heavy atom. The van der Waals surface area contributed by atoms with Gasteiger partial charge < -0.3 is 16.0 Å². The molecule has 2 aliphatic heterocycles. The van der Waals surface area contributed by atoms with E-state index >= 15 is 0 Å². The molecule has 3 N–H and O–H groups in total. The quantitative estimate of drug-likeness (QED) is 0.772. The van der Waals surface area contributed by atoms with Gasteiger partial charge in [-0.1, -0.05) is 12.1 Å². The number of nitrogens with two attached hydrogens (primary N) is 1. The first-order valence-electron chi connectivity index (χ1n) is 6.21. The van der Waals surface area contributed by atoms with Gasteiger partial charge >= 0.3 is 0 Å². The zero-order valence-electron chi connectivity index (χ0n) is 9.78. The lowest BCUT2D eigenvalue weighted by Crippen LogP contribution is -2.30. The van der Waals surface area contributed by atoms with Crippen molar-refractivity contribution < 1.29 is 4.79 Å². The van der Waals surface area contributed by atoms with Crippen molar-refractivity contribution in [3.8, 4) is 0 Å². The van der Waals surface area contributed by atoms with E-state index in [9.17, 15) is 4.79 Å². The molecule has 90 valence electrons. The lowest BCUT2D eigenvalue weighted by molar-refractivity contribution is -0.116. The summed E-state index contributed by atoms with van der Waals surface area (Å²) in [5, 5.41) is 2.91. The summed E-state index contributed by atoms with van der Waals surface area (Å²) in [6.07, 6.45) is 3.75. The van der Waals surface area contributed by atoms with Gasteiger partial charge in [0.15, 0.2) is 0 Å². The summed E-state index contributed by atoms with van der Waals surface area (Å²) in [5.74, 6) is -0.0931. The van der Waals surface area contributed by atoms with Gasteiger partial charge in [-0.25, -0.2) is 0 Å². The van der Waals surface area contributed by atoms with E-state index in [0.717, 1.165) is 30.0 Å². The maximum Gasteiger partial charge on any atom is 0.246 e. The van der Waals surface area contributed by atoms with Gasteiger partial charge in [0.05, 0.1) is 11.4 Å². The summed E-state index contributed by atoms with van der Waals surface area (Å²) in [5.41, 5.74) is 8.84. The number of hydrogen-bond donors (Lipinski definition) is 2. The molecule has 1 saturated heterocycles. The van der Waals surface area contributed by atoms with Gasteiger partial charge in [0.25, 0.3) is 0 Å². The SMILES string of the molecule is NC1C(=O)Nc2c1cccc2N1CCCCC1. The molecule has 0 saturated carbocycles. The molecule has 4 nitrogen and oxygen atoms in total. The van der Waals surface area contributed by atoms with E-state index in [-0.39, 0.29) is 5.91 Å². The third kappa shape index (κ3) is 1.69. The second kappa shape index (κ2) is 4.04. The molecule has 1 fully saturated rings. The monoisotopic (exact) mass is 231 g/mol. The first kappa shape index (κ1) is 10.6. The highest BCUT2D eigenvalue weighted by atomic mass is 16.2. The van der Waals surface area contributed by atoms with E-state index < -0.39 is 6.04 Å². The predicted molar refractivity (Wildman–Crippen MR) is 68.1 cm³/mol. The van der Waals surface area contributed by atoms with Gasteiger partial charge in [-0.3, -0.25) is 4.79 Å². The van der Waals surface area contributed by atoms with Crippen LogP contribution in [0, 0.1) is 0 Å². The highest BCUT2D eigenvalue weighted by Crippen LogP contribution is 2.38. The van der Waals surface area contributed by atoms with Crippen LogP contribution in [0.1, 0.15) is 30.9 Å². The van der Waals surface area contributed by atoms with Crippen LogP contribution in [0.3, 0.4) is 0 Å². The summed E-state index contributed by atoms with van der Waals surface area (Å²) in [6.45, 7) is 2.14. The molecule has 1 aromatic rings. The highest BCUT2D eigenvalue weighted by Gasteiger charge is 2.30. The Morgan fingerprint density at radius 3 is 2.76 bits per heavy atom. The normalized spacial score (nSPS) is 23.5. The van der Waals surface area contributed by atoms with E-state index in [1.54, 1.807) is 0 Å². The minimum atomic E-state index is -0.505. The number of nitrogens with zero attached hydrogens (tertiary/aromatic N) is 1. The van der Waals surface area contributed by atoms with Gasteiger partial charge in [0, 0.05) is 18.7 Å². The third-order valence-corrected chi connectivity index (χ3v) is 3.64. The van der Waals surface area contributed by atoms with Gasteiger partial charge in [-0.2, -0.15) is 0 Å². The molecule has 0 bridgehead atoms. The van der Waals surface area contributed by atoms with Crippen LogP contribution in [0.5, 0.6) is 0 Å². The molecule has 0 aromatic heterocycles. The lowest BCUT2D eigenvalue weighted by Gasteiger charge is -2.30. The predicted octanol–water partition coefficient (Wildman–Crippen LogP) is 1.63. The first-order chi connectivity index (χ1) is 8.27. The number of para-hydroxylation sites is 1. The smallest absolute Gasteiger partial charge is 0.246 e. The van der Waals surface area contributed by atoms with E-state index in [2.05, 4.69) is 16.3 Å². The van der Waals surface area contributed by atoms with Crippen molar-refractivity contribution in [2.75, 3.05) is 23.3 Å². The van der Waals surface area contributed by atoms with Crippen molar-refractivity contribution >= 4 is 17.3 Å². The summed E-state index contributed by atoms with van der Waals surface area (Å²) >= 11 is 0. The molecule has 1 atom stereocenters. The van der Waals surface area contributed by atoms with Crippen LogP contribution in [0.15, 0.2) is 18.2 Å². The number of fused-ring (bicyclic) bond motifs is 1. The van der Waals surface area contributed by atoms with Crippen molar-refractivity contribution in [1.29, 1.82) is 0 Å². The van der Waals surface area contributed by atoms with E-state index in [1.165, 1.54) is 19.3 Å². The van der Waals surface area contributed by atoms with E-state index in [4.69, 9.17) is 5.73 Å². The summed E-state index contributed by atoms with van der Waals surface area (Å²) in [7, 11) is 0. The summed E-state index contributed by atoms with van der Waals surface area (Å²) in [4.78, 5) is 14.0. The molecule has 0 spiro atoms. The molecule has 0 aliphatic carbocycles. The van der Waals surface area contributed by atoms with Crippen LogP contribution in [0.25, 0.3) is 0 Å². The Bertz CT molecular complexity index is 452. The maximum absolute atomic E-state index is 11.6. The minimum absolute atomic E-state index is 0.0931. The van der Waals surface area contributed by atoms with Crippen LogP contribution in [-0.2, 0) is 4.79 Å². The number of carbonyl (C=O) groups excluding carboxylic acids is 1. The fourth-order valence-corrected chi connectivity index (χ4v) is 2.69. The van der Waals surface area contributed by atoms with Gasteiger partial charge in [-0.05, 0) is 25.3 Å². The highest BCUT2D eigenvalue weighted by molar-refractivity contribution is 6.05. The molecule has 1 aromatic carbocycles. The Kier molecular flexibility index (Phi) is 2.52. The van der Waals surface area contributed by atoms with Crippen molar-refractivity contribution in [3.05, 3.63) is 23.8 Å². The number of benzene rings is 1. The fourth-order valence-electron chi connectivity index (χ4n) is 2.69. The van der Waals surface area contributed by atoms with Crippen molar-refractivity contribution in [2.24, 2.45) is 5.73 Å². The molecular formula is C13H17N3O. The number of carbonyl (C=O) groups is 1. The largest absolute Gasteiger partial charge is 0.370 e. The molecule has 1 amide bonds. The van der Waals surface area contributed by atoms with Gasteiger partial charge in [0.1, 0.15) is 6.04 Å². The Morgan fingerprint density at radius 1 is 1.24 bits per heavy atom. The molecule has 0 radical (unpaired) electrons. The second-order valence-electron chi connectivity index (χ2n) is 4.76. The second-order valence-corrected chi connectivity index (χ2v) is 4.76. The van der Waals surface area contributed by atoms with Crippen molar-refractivity contribution in [3.63, 3.8) is 0 Å². The average molecular weight is 231 g/mol. The maximum atomic E-state index is 11.6. The van der Waals surface area contributed by atoms with Crippen LogP contribution < -0.4 is 16.0 Å². The van der Waals surface area contributed by atoms with E-state index in [1.807, 2.05) is 12.1 Å². The van der Waals surface area contributed by atoms with Gasteiger partial charge in [0.2, 0.25) is 5.91 Å². The number of anilines is 2. The zero-order chi connectivity index (χ0) is 11.8. The molecule has 1 unspecified atom stereocenters. The van der Waals surface area contributed by atoms with E-state index in [0.29, 0.717) is 0 Å². The number of hydrogen-bond acceptors (Lipinski definition) is 3. The minimum Gasteiger partial charge on any atom is -0.370 e. The third-order valence-electron chi connectivity index (χ3n) is 3.64. The van der Waals surface area contributed by atoms with Crippen LogP contribution in [0.2, 0.25) is 0 Å². The topological polar surface area (TPSA) is 58.4 Å². The standard InChI is InChI=1S/C13H17N3O/c14-11-9-5-4-6-10(12(9)15-13(11)17)16-7-2-1-3-8-16/h4-6,11H,1-3,7-8,14H2,(H,15,17). The number of nitrogens with one attached hydrogen (secondary N) is 1. The van der Waals surface area contributed by atoms with Crippen LogP contribution in [0.4, 0.5) is 11.4 Å². The van der Waals surface area contributed by atoms with Crippen molar-refractivity contribution in [1.82, 2.24) is 0 Å². The molecule has 17 heavy (non-hydrogen) atoms. The number of piperidine rings is 1. The number of rotatable bonds is 1. The Hall–Kier alpha value is -1.55. The molecule has 2 aliphatic rings. The lowest BCUT2D eigenvalue weighted by atomic mass is 10.1. The summed E-state index contributed by atoms with van der Waals surface area (Å²) < 4.78 is 0. The van der Waals surface area contributed by atoms with Crippen LogP contribution >= 0.6 is 0 Å². The van der Waals surface area contributed by atoms with Gasteiger partial charge in [-0.15, -0.1) is 0 Å².